The van der Waals surface area contributed by atoms with Gasteiger partial charge in [0.1, 0.15) is 5.69 Å². The molecule has 0 saturated carbocycles. The van der Waals surface area contributed by atoms with E-state index in [9.17, 15) is 13.2 Å². The monoisotopic (exact) mass is 207 g/mol. The average Bonchev–Trinajstić information content (AvgIpc) is 2.45. The molecule has 0 aromatic carbocycles. The first kappa shape index (κ1) is 11.0. The van der Waals surface area contributed by atoms with Gasteiger partial charge in [0.15, 0.2) is 0 Å². The molecule has 1 atom stereocenters. The molecule has 14 heavy (non-hydrogen) atoms. The normalized spacial score (nSPS) is 14.4. The molecule has 0 fully saturated rings. The predicted octanol–water partition coefficient (Wildman–Crippen LogP) is 1.72. The highest BCUT2D eigenvalue weighted by molar-refractivity contribution is 5.15. The van der Waals surface area contributed by atoms with Gasteiger partial charge in [-0.3, -0.25) is 4.68 Å². The summed E-state index contributed by atoms with van der Waals surface area (Å²) >= 11 is 0. The lowest BCUT2D eigenvalue weighted by Crippen LogP contribution is -2.13. The number of halogens is 3. The third kappa shape index (κ3) is 2.06. The van der Waals surface area contributed by atoms with Crippen molar-refractivity contribution >= 4 is 0 Å². The lowest BCUT2D eigenvalue weighted by molar-refractivity contribution is -0.143. The number of nitrogens with one attached hydrogen (secondary N) is 1. The summed E-state index contributed by atoms with van der Waals surface area (Å²) in [6, 6.07) is 0.874. The summed E-state index contributed by atoms with van der Waals surface area (Å²) in [6.45, 7) is 1.75. The maximum Gasteiger partial charge on any atom is 0.433 e. The Balaban J connectivity index is 3.05. The lowest BCUT2D eigenvalue weighted by Gasteiger charge is -2.04. The Morgan fingerprint density at radius 3 is 2.43 bits per heavy atom. The number of rotatable bonds is 2. The minimum Gasteiger partial charge on any atom is -0.312 e. The molecule has 0 spiro atoms. The highest BCUT2D eigenvalue weighted by atomic mass is 19.4. The van der Waals surface area contributed by atoms with Gasteiger partial charge in [0.25, 0.3) is 0 Å². The van der Waals surface area contributed by atoms with Crippen LogP contribution < -0.4 is 5.32 Å². The maximum absolute atomic E-state index is 12.3. The van der Waals surface area contributed by atoms with Crippen molar-refractivity contribution < 1.29 is 13.2 Å². The van der Waals surface area contributed by atoms with Gasteiger partial charge in [-0.15, -0.1) is 0 Å². The molecule has 1 N–H and O–H groups in total. The quantitative estimate of drug-likeness (QED) is 0.800. The van der Waals surface area contributed by atoms with Crippen molar-refractivity contribution in [2.75, 3.05) is 7.05 Å². The fourth-order valence-electron chi connectivity index (χ4n) is 1.11. The van der Waals surface area contributed by atoms with Gasteiger partial charge in [0.2, 0.25) is 0 Å². The summed E-state index contributed by atoms with van der Waals surface area (Å²) in [4.78, 5) is 0. The van der Waals surface area contributed by atoms with E-state index in [1.165, 1.54) is 7.05 Å². The molecule has 0 aliphatic heterocycles. The van der Waals surface area contributed by atoms with Gasteiger partial charge < -0.3 is 5.32 Å². The molecule has 3 nitrogen and oxygen atoms in total. The van der Waals surface area contributed by atoms with Gasteiger partial charge in [-0.25, -0.2) is 0 Å². The van der Waals surface area contributed by atoms with Crippen LogP contribution in [0.25, 0.3) is 0 Å². The standard InChI is InChI=1S/C8H12F3N3/c1-5(12-2)6-4-7(8(9,10)11)14(3)13-6/h4-5,12H,1-3H3. The van der Waals surface area contributed by atoms with Crippen LogP contribution in [-0.4, -0.2) is 16.8 Å². The van der Waals surface area contributed by atoms with Gasteiger partial charge >= 0.3 is 6.18 Å². The Kier molecular flexibility index (Phi) is 2.84. The highest BCUT2D eigenvalue weighted by Gasteiger charge is 2.35. The minimum absolute atomic E-state index is 0.183. The maximum atomic E-state index is 12.3. The van der Waals surface area contributed by atoms with Crippen molar-refractivity contribution in [1.82, 2.24) is 15.1 Å². The van der Waals surface area contributed by atoms with E-state index in [4.69, 9.17) is 0 Å². The molecular weight excluding hydrogens is 195 g/mol. The third-order valence-corrected chi connectivity index (χ3v) is 2.07. The smallest absolute Gasteiger partial charge is 0.312 e. The molecule has 0 radical (unpaired) electrons. The Morgan fingerprint density at radius 1 is 1.50 bits per heavy atom. The van der Waals surface area contributed by atoms with E-state index in [-0.39, 0.29) is 6.04 Å². The Hall–Kier alpha value is -1.04. The van der Waals surface area contributed by atoms with E-state index in [1.54, 1.807) is 14.0 Å². The van der Waals surface area contributed by atoms with Gasteiger partial charge in [0.05, 0.1) is 5.69 Å². The molecule has 0 aliphatic carbocycles. The highest BCUT2D eigenvalue weighted by Crippen LogP contribution is 2.30. The Morgan fingerprint density at radius 2 is 2.07 bits per heavy atom. The second-order valence-corrected chi connectivity index (χ2v) is 3.09. The van der Waals surface area contributed by atoms with Gasteiger partial charge in [-0.1, -0.05) is 0 Å². The SMILES string of the molecule is CNC(C)c1cc(C(F)(F)F)n(C)n1. The topological polar surface area (TPSA) is 29.9 Å². The number of aromatic nitrogens is 2. The molecule has 1 rings (SSSR count). The molecule has 1 unspecified atom stereocenters. The van der Waals surface area contributed by atoms with E-state index in [1.807, 2.05) is 0 Å². The Labute approximate surface area is 79.9 Å². The van der Waals surface area contributed by atoms with E-state index in [0.717, 1.165) is 10.7 Å². The van der Waals surface area contributed by atoms with Crippen LogP contribution in [0.1, 0.15) is 24.4 Å². The third-order valence-electron chi connectivity index (χ3n) is 2.07. The Bertz CT molecular complexity index is 316. The van der Waals surface area contributed by atoms with Gasteiger partial charge in [0, 0.05) is 13.1 Å². The van der Waals surface area contributed by atoms with Crippen LogP contribution in [0.4, 0.5) is 13.2 Å². The molecule has 0 amide bonds. The van der Waals surface area contributed by atoms with Crippen LogP contribution in [0.3, 0.4) is 0 Å². The van der Waals surface area contributed by atoms with E-state index in [2.05, 4.69) is 10.4 Å². The van der Waals surface area contributed by atoms with Crippen molar-refractivity contribution in [2.45, 2.75) is 19.1 Å². The summed E-state index contributed by atoms with van der Waals surface area (Å²) in [5.74, 6) is 0. The molecule has 0 bridgehead atoms. The van der Waals surface area contributed by atoms with Crippen LogP contribution in [-0.2, 0) is 13.2 Å². The molecule has 6 heteroatoms. The van der Waals surface area contributed by atoms with Crippen LogP contribution in [0.15, 0.2) is 6.07 Å². The van der Waals surface area contributed by atoms with Crippen molar-refractivity contribution in [3.63, 3.8) is 0 Å². The first-order valence-electron chi connectivity index (χ1n) is 4.14. The van der Waals surface area contributed by atoms with Crippen LogP contribution in [0.5, 0.6) is 0 Å². The van der Waals surface area contributed by atoms with Crippen molar-refractivity contribution in [3.05, 3.63) is 17.5 Å². The van der Waals surface area contributed by atoms with E-state index >= 15 is 0 Å². The molecule has 1 aromatic rings. The fraction of sp³-hybridized carbons (Fsp3) is 0.625. The van der Waals surface area contributed by atoms with Gasteiger partial charge in [-0.05, 0) is 20.0 Å². The van der Waals surface area contributed by atoms with E-state index in [0.29, 0.717) is 5.69 Å². The number of hydrogen-bond donors (Lipinski definition) is 1. The zero-order valence-electron chi connectivity index (χ0n) is 8.18. The fourth-order valence-corrected chi connectivity index (χ4v) is 1.11. The predicted molar refractivity (Wildman–Crippen MR) is 45.7 cm³/mol. The molecule has 80 valence electrons. The minimum atomic E-state index is -4.34. The number of aryl methyl sites for hydroxylation is 1. The van der Waals surface area contributed by atoms with Crippen LogP contribution in [0.2, 0.25) is 0 Å². The summed E-state index contributed by atoms with van der Waals surface area (Å²) in [5, 5.41) is 6.61. The second-order valence-electron chi connectivity index (χ2n) is 3.09. The average molecular weight is 207 g/mol. The molecule has 0 saturated heterocycles. The summed E-state index contributed by atoms with van der Waals surface area (Å²) in [6.07, 6.45) is -4.34. The van der Waals surface area contributed by atoms with Crippen LogP contribution in [0, 0.1) is 0 Å². The summed E-state index contributed by atoms with van der Waals surface area (Å²) in [5.41, 5.74) is -0.336. The number of nitrogens with zero attached hydrogens (tertiary/aromatic N) is 2. The molecule has 1 heterocycles. The first-order valence-corrected chi connectivity index (χ1v) is 4.14. The number of alkyl halides is 3. The van der Waals surface area contributed by atoms with E-state index < -0.39 is 11.9 Å². The van der Waals surface area contributed by atoms with Crippen molar-refractivity contribution in [3.8, 4) is 0 Å². The van der Waals surface area contributed by atoms with Crippen molar-refractivity contribution in [1.29, 1.82) is 0 Å². The largest absolute Gasteiger partial charge is 0.433 e. The molecule has 1 aromatic heterocycles. The second kappa shape index (κ2) is 3.61. The summed E-state index contributed by atoms with van der Waals surface area (Å²) < 4.78 is 37.9. The first-order chi connectivity index (χ1) is 6.36. The van der Waals surface area contributed by atoms with Crippen molar-refractivity contribution in [2.24, 2.45) is 7.05 Å². The molecule has 0 aliphatic rings. The zero-order chi connectivity index (χ0) is 10.9. The lowest BCUT2D eigenvalue weighted by atomic mass is 10.2. The molecular formula is C8H12F3N3. The summed E-state index contributed by atoms with van der Waals surface area (Å²) in [7, 11) is 2.96. The number of hydrogen-bond acceptors (Lipinski definition) is 2. The van der Waals surface area contributed by atoms with Crippen LogP contribution >= 0.6 is 0 Å². The zero-order valence-corrected chi connectivity index (χ0v) is 8.18. The van der Waals surface area contributed by atoms with Gasteiger partial charge in [-0.2, -0.15) is 18.3 Å².